The Kier molecular flexibility index (Phi) is 3.76. The van der Waals surface area contributed by atoms with Gasteiger partial charge in [-0.05, 0) is 25.5 Å². The minimum Gasteiger partial charge on any atom is -0.409 e. The van der Waals surface area contributed by atoms with Crippen molar-refractivity contribution in [1.29, 1.82) is 0 Å². The molecule has 5 nitrogen and oxygen atoms in total. The number of aryl methyl sites for hydroxylation is 1. The van der Waals surface area contributed by atoms with Crippen molar-refractivity contribution in [2.24, 2.45) is 10.9 Å². The maximum Gasteiger partial charge on any atom is 0.170 e. The second kappa shape index (κ2) is 5.32. The maximum absolute atomic E-state index is 8.63. The first kappa shape index (κ1) is 13.4. The van der Waals surface area contributed by atoms with Gasteiger partial charge in [0.05, 0.1) is 18.6 Å². The molecule has 3 N–H and O–H groups in total. The molecule has 1 heterocycles. The molecule has 0 aliphatic heterocycles. The second-order valence-electron chi connectivity index (χ2n) is 4.33. The Labute approximate surface area is 116 Å². The first-order valence-corrected chi connectivity index (χ1v) is 6.15. The number of aromatic nitrogens is 2. The highest BCUT2D eigenvalue weighted by Gasteiger charge is 2.08. The summed E-state index contributed by atoms with van der Waals surface area (Å²) in [6.45, 7) is 4.62. The van der Waals surface area contributed by atoms with E-state index in [9.17, 15) is 0 Å². The van der Waals surface area contributed by atoms with Crippen molar-refractivity contribution >= 4 is 17.4 Å². The minimum atomic E-state index is 0.0445. The summed E-state index contributed by atoms with van der Waals surface area (Å²) in [6, 6.07) is 5.32. The Morgan fingerprint density at radius 2 is 2.21 bits per heavy atom. The highest BCUT2D eigenvalue weighted by molar-refractivity contribution is 6.31. The van der Waals surface area contributed by atoms with Gasteiger partial charge in [0.15, 0.2) is 5.84 Å². The van der Waals surface area contributed by atoms with E-state index in [4.69, 9.17) is 22.5 Å². The monoisotopic (exact) mass is 278 g/mol. The predicted molar refractivity (Wildman–Crippen MR) is 74.8 cm³/mol. The molecule has 0 bridgehead atoms. The highest BCUT2D eigenvalue weighted by Crippen LogP contribution is 2.20. The first-order valence-electron chi connectivity index (χ1n) is 5.77. The average Bonchev–Trinajstić information content (AvgIpc) is 2.72. The fourth-order valence-corrected chi connectivity index (χ4v) is 2.02. The number of nitrogens with zero attached hydrogens (tertiary/aromatic N) is 3. The number of hydrogen-bond donors (Lipinski definition) is 2. The van der Waals surface area contributed by atoms with E-state index in [0.717, 1.165) is 17.0 Å². The molecule has 0 unspecified atom stereocenters. The van der Waals surface area contributed by atoms with Crippen molar-refractivity contribution in [1.82, 2.24) is 9.55 Å². The van der Waals surface area contributed by atoms with Crippen molar-refractivity contribution in [2.75, 3.05) is 0 Å². The van der Waals surface area contributed by atoms with Crippen molar-refractivity contribution in [3.63, 3.8) is 0 Å². The Morgan fingerprint density at radius 3 is 2.74 bits per heavy atom. The van der Waals surface area contributed by atoms with Crippen LogP contribution in [-0.2, 0) is 6.54 Å². The van der Waals surface area contributed by atoms with E-state index >= 15 is 0 Å². The number of rotatable bonds is 3. The van der Waals surface area contributed by atoms with Gasteiger partial charge in [-0.1, -0.05) is 28.9 Å². The van der Waals surface area contributed by atoms with Crippen LogP contribution >= 0.6 is 11.6 Å². The number of nitrogens with two attached hydrogens (primary N) is 1. The van der Waals surface area contributed by atoms with Crippen LogP contribution in [0.25, 0.3) is 0 Å². The number of oxime groups is 1. The number of halogens is 1. The fourth-order valence-electron chi connectivity index (χ4n) is 1.78. The quantitative estimate of drug-likeness (QED) is 0.391. The Bertz CT molecular complexity index is 634. The zero-order valence-corrected chi connectivity index (χ0v) is 11.5. The molecule has 0 amide bonds. The van der Waals surface area contributed by atoms with Crippen molar-refractivity contribution in [2.45, 2.75) is 20.4 Å². The van der Waals surface area contributed by atoms with Crippen LogP contribution in [0.4, 0.5) is 0 Å². The molecule has 0 radical (unpaired) electrons. The van der Waals surface area contributed by atoms with E-state index in [0.29, 0.717) is 17.1 Å². The van der Waals surface area contributed by atoms with Crippen molar-refractivity contribution < 1.29 is 5.21 Å². The van der Waals surface area contributed by atoms with Gasteiger partial charge >= 0.3 is 0 Å². The molecule has 0 saturated carbocycles. The fraction of sp³-hybridized carbons (Fsp3) is 0.231. The molecule has 0 atom stereocenters. The average molecular weight is 279 g/mol. The maximum atomic E-state index is 8.63. The van der Waals surface area contributed by atoms with Crippen LogP contribution in [0.3, 0.4) is 0 Å². The van der Waals surface area contributed by atoms with Crippen LogP contribution in [0.1, 0.15) is 22.5 Å². The van der Waals surface area contributed by atoms with E-state index in [2.05, 4.69) is 10.1 Å². The molecule has 1 aromatic heterocycles. The summed E-state index contributed by atoms with van der Waals surface area (Å²) in [5.74, 6) is 0.0445. The van der Waals surface area contributed by atoms with Crippen LogP contribution in [-0.4, -0.2) is 20.6 Å². The standard InChI is InChI=1S/C13H15ClN4O/c1-8-9(2)18(7-16-8)6-11-4-3-10(5-12(11)14)13(15)17-19/h3-5,7,19H,6H2,1-2H3,(H2,15,17). The molecular weight excluding hydrogens is 264 g/mol. The summed E-state index contributed by atoms with van der Waals surface area (Å²) >= 11 is 6.21. The lowest BCUT2D eigenvalue weighted by molar-refractivity contribution is 0.318. The number of amidine groups is 1. The SMILES string of the molecule is Cc1ncn(Cc2ccc(/C(N)=N/O)cc2Cl)c1C. The topological polar surface area (TPSA) is 76.4 Å². The summed E-state index contributed by atoms with van der Waals surface area (Å²) in [5.41, 5.74) is 9.18. The summed E-state index contributed by atoms with van der Waals surface area (Å²) in [5, 5.41) is 12.2. The van der Waals surface area contributed by atoms with Gasteiger partial charge in [-0.25, -0.2) is 4.98 Å². The van der Waals surface area contributed by atoms with E-state index in [1.54, 1.807) is 18.5 Å². The van der Waals surface area contributed by atoms with Gasteiger partial charge in [0.2, 0.25) is 0 Å². The zero-order chi connectivity index (χ0) is 14.0. The molecular formula is C13H15ClN4O. The number of benzene rings is 1. The third kappa shape index (κ3) is 2.71. The van der Waals surface area contributed by atoms with Gasteiger partial charge in [-0.3, -0.25) is 0 Å². The number of imidazole rings is 1. The third-order valence-corrected chi connectivity index (χ3v) is 3.49. The molecule has 2 aromatic rings. The first-order chi connectivity index (χ1) is 9.02. The summed E-state index contributed by atoms with van der Waals surface area (Å²) in [4.78, 5) is 4.25. The Morgan fingerprint density at radius 1 is 1.47 bits per heavy atom. The summed E-state index contributed by atoms with van der Waals surface area (Å²) in [7, 11) is 0. The molecule has 0 aliphatic rings. The number of hydrogen-bond acceptors (Lipinski definition) is 3. The normalized spacial score (nSPS) is 11.8. The van der Waals surface area contributed by atoms with Crippen molar-refractivity contribution in [3.8, 4) is 0 Å². The lowest BCUT2D eigenvalue weighted by Crippen LogP contribution is -2.13. The van der Waals surface area contributed by atoms with Gasteiger partial charge in [-0.15, -0.1) is 0 Å². The van der Waals surface area contributed by atoms with E-state index < -0.39 is 0 Å². The van der Waals surface area contributed by atoms with Gasteiger partial charge in [0, 0.05) is 16.3 Å². The Hall–Kier alpha value is -2.01. The molecule has 100 valence electrons. The molecule has 6 heteroatoms. The molecule has 19 heavy (non-hydrogen) atoms. The lowest BCUT2D eigenvalue weighted by atomic mass is 10.1. The lowest BCUT2D eigenvalue weighted by Gasteiger charge is -2.09. The zero-order valence-electron chi connectivity index (χ0n) is 10.8. The van der Waals surface area contributed by atoms with Crippen LogP contribution < -0.4 is 5.73 Å². The smallest absolute Gasteiger partial charge is 0.170 e. The van der Waals surface area contributed by atoms with Crippen LogP contribution in [0, 0.1) is 13.8 Å². The van der Waals surface area contributed by atoms with Crippen molar-refractivity contribution in [3.05, 3.63) is 52.1 Å². The molecule has 0 spiro atoms. The van der Waals surface area contributed by atoms with Crippen LogP contribution in [0.5, 0.6) is 0 Å². The summed E-state index contributed by atoms with van der Waals surface area (Å²) in [6.07, 6.45) is 1.79. The van der Waals surface area contributed by atoms with E-state index in [-0.39, 0.29) is 5.84 Å². The minimum absolute atomic E-state index is 0.0445. The molecule has 0 saturated heterocycles. The molecule has 0 aliphatic carbocycles. The second-order valence-corrected chi connectivity index (χ2v) is 4.74. The molecule has 0 fully saturated rings. The summed E-state index contributed by atoms with van der Waals surface area (Å²) < 4.78 is 2.03. The third-order valence-electron chi connectivity index (χ3n) is 3.14. The van der Waals surface area contributed by atoms with Gasteiger partial charge in [0.25, 0.3) is 0 Å². The van der Waals surface area contributed by atoms with Gasteiger partial charge in [-0.2, -0.15) is 0 Å². The Balaban J connectivity index is 2.30. The van der Waals surface area contributed by atoms with Crippen LogP contribution in [0.2, 0.25) is 5.02 Å². The molecule has 2 rings (SSSR count). The van der Waals surface area contributed by atoms with Crippen LogP contribution in [0.15, 0.2) is 29.7 Å². The van der Waals surface area contributed by atoms with Gasteiger partial charge in [0.1, 0.15) is 0 Å². The van der Waals surface area contributed by atoms with E-state index in [1.165, 1.54) is 0 Å². The molecule has 1 aromatic carbocycles. The van der Waals surface area contributed by atoms with Gasteiger partial charge < -0.3 is 15.5 Å². The highest BCUT2D eigenvalue weighted by atomic mass is 35.5. The predicted octanol–water partition coefficient (Wildman–Crippen LogP) is 2.30. The van der Waals surface area contributed by atoms with E-state index in [1.807, 2.05) is 24.5 Å². The largest absolute Gasteiger partial charge is 0.409 e.